The van der Waals surface area contributed by atoms with E-state index in [0.717, 1.165) is 28.7 Å². The van der Waals surface area contributed by atoms with Crippen molar-refractivity contribution in [3.63, 3.8) is 0 Å². The second-order valence-electron chi connectivity index (χ2n) is 4.27. The van der Waals surface area contributed by atoms with E-state index in [4.69, 9.17) is 5.11 Å². The first-order chi connectivity index (χ1) is 9.38. The summed E-state index contributed by atoms with van der Waals surface area (Å²) in [6, 6.07) is 3.09. The zero-order valence-electron chi connectivity index (χ0n) is 10.9. The maximum Gasteiger partial charge on any atom is 0.313 e. The van der Waals surface area contributed by atoms with E-state index in [1.807, 2.05) is 6.92 Å². The first-order valence-electron chi connectivity index (χ1n) is 5.75. The second kappa shape index (κ2) is 5.97. The average molecular weight is 359 g/mol. The number of nitrogens with zero attached hydrogens (tertiary/aromatic N) is 2. The minimum atomic E-state index is -0.904. The van der Waals surface area contributed by atoms with E-state index in [1.165, 1.54) is 6.07 Å². The van der Waals surface area contributed by atoms with Crippen molar-refractivity contribution >= 4 is 33.7 Å². The smallest absolute Gasteiger partial charge is 0.313 e. The molecule has 4 nitrogen and oxygen atoms in total. The van der Waals surface area contributed by atoms with Crippen LogP contribution >= 0.6 is 27.7 Å². The summed E-state index contributed by atoms with van der Waals surface area (Å²) in [7, 11) is 0. The third kappa shape index (κ3) is 3.21. The molecule has 0 aliphatic rings. The fourth-order valence-electron chi connectivity index (χ4n) is 1.77. The molecule has 7 heteroatoms. The SMILES string of the molecule is Cc1cn(-c2cc(Br)c(F)cc2C)c(SCC(=O)O)n1. The first-order valence-corrected chi connectivity index (χ1v) is 7.53. The molecule has 0 bridgehead atoms. The predicted octanol–water partition coefficient (Wildman–Crippen LogP) is 3.57. The molecule has 0 saturated heterocycles. The minimum Gasteiger partial charge on any atom is -0.481 e. The molecule has 1 heterocycles. The number of thioether (sulfide) groups is 1. The van der Waals surface area contributed by atoms with Gasteiger partial charge in [0, 0.05) is 6.20 Å². The Morgan fingerprint density at radius 3 is 2.85 bits per heavy atom. The van der Waals surface area contributed by atoms with Gasteiger partial charge in [0.15, 0.2) is 5.16 Å². The van der Waals surface area contributed by atoms with Gasteiger partial charge in [-0.05, 0) is 47.5 Å². The van der Waals surface area contributed by atoms with Gasteiger partial charge in [0.2, 0.25) is 0 Å². The van der Waals surface area contributed by atoms with Gasteiger partial charge in [0.05, 0.1) is 21.6 Å². The van der Waals surface area contributed by atoms with Crippen molar-refractivity contribution in [3.8, 4) is 5.69 Å². The number of benzene rings is 1. The van der Waals surface area contributed by atoms with Gasteiger partial charge in [-0.15, -0.1) is 0 Å². The quantitative estimate of drug-likeness (QED) is 0.848. The lowest BCUT2D eigenvalue weighted by molar-refractivity contribution is -0.133. The molecule has 1 aromatic carbocycles. The van der Waals surface area contributed by atoms with Gasteiger partial charge < -0.3 is 5.11 Å². The number of rotatable bonds is 4. The van der Waals surface area contributed by atoms with Gasteiger partial charge in [0.1, 0.15) is 5.82 Å². The van der Waals surface area contributed by atoms with Gasteiger partial charge in [-0.2, -0.15) is 0 Å². The number of carbonyl (C=O) groups is 1. The summed E-state index contributed by atoms with van der Waals surface area (Å²) in [5.41, 5.74) is 2.30. The van der Waals surface area contributed by atoms with Crippen LogP contribution < -0.4 is 0 Å². The number of hydrogen-bond donors (Lipinski definition) is 1. The van der Waals surface area contributed by atoms with Crippen LogP contribution in [0, 0.1) is 19.7 Å². The molecule has 20 heavy (non-hydrogen) atoms. The van der Waals surface area contributed by atoms with Crippen molar-refractivity contribution in [1.82, 2.24) is 9.55 Å². The third-order valence-electron chi connectivity index (χ3n) is 2.62. The summed E-state index contributed by atoms with van der Waals surface area (Å²) in [5.74, 6) is -1.31. The molecule has 0 unspecified atom stereocenters. The number of imidazole rings is 1. The van der Waals surface area contributed by atoms with Crippen LogP contribution in [-0.2, 0) is 4.79 Å². The van der Waals surface area contributed by atoms with Crippen LogP contribution in [0.5, 0.6) is 0 Å². The van der Waals surface area contributed by atoms with Crippen molar-refractivity contribution < 1.29 is 14.3 Å². The molecule has 1 aromatic heterocycles. The van der Waals surface area contributed by atoms with Crippen molar-refractivity contribution in [3.05, 3.63) is 39.9 Å². The van der Waals surface area contributed by atoms with Gasteiger partial charge in [0.25, 0.3) is 0 Å². The van der Waals surface area contributed by atoms with Gasteiger partial charge in [-0.25, -0.2) is 9.37 Å². The van der Waals surface area contributed by atoms with Gasteiger partial charge >= 0.3 is 5.97 Å². The number of aromatic nitrogens is 2. The Hall–Kier alpha value is -1.34. The number of halogens is 2. The molecule has 2 rings (SSSR count). The van der Waals surface area contributed by atoms with Crippen LogP contribution in [0.15, 0.2) is 28.0 Å². The Bertz CT molecular complexity index is 673. The first kappa shape index (κ1) is 15.1. The Morgan fingerprint density at radius 1 is 1.50 bits per heavy atom. The van der Waals surface area contributed by atoms with Crippen LogP contribution in [-0.4, -0.2) is 26.4 Å². The zero-order chi connectivity index (χ0) is 14.9. The number of carboxylic acid groups (broad SMARTS) is 1. The molecule has 2 aromatic rings. The highest BCUT2D eigenvalue weighted by Gasteiger charge is 2.13. The highest BCUT2D eigenvalue weighted by molar-refractivity contribution is 9.10. The number of carboxylic acids is 1. The molecule has 0 saturated carbocycles. The molecule has 0 spiro atoms. The van der Waals surface area contributed by atoms with Gasteiger partial charge in [-0.3, -0.25) is 9.36 Å². The Morgan fingerprint density at radius 2 is 2.20 bits per heavy atom. The van der Waals surface area contributed by atoms with E-state index in [9.17, 15) is 9.18 Å². The van der Waals surface area contributed by atoms with Crippen LogP contribution in [0.1, 0.15) is 11.3 Å². The summed E-state index contributed by atoms with van der Waals surface area (Å²) in [6.07, 6.45) is 1.80. The third-order valence-corrected chi connectivity index (χ3v) is 4.16. The van der Waals surface area contributed by atoms with E-state index in [-0.39, 0.29) is 11.6 Å². The Labute approximate surface area is 128 Å². The van der Waals surface area contributed by atoms with Crippen LogP contribution in [0.4, 0.5) is 4.39 Å². The van der Waals surface area contributed by atoms with Crippen molar-refractivity contribution in [2.75, 3.05) is 5.75 Å². The van der Waals surface area contributed by atoms with E-state index in [0.29, 0.717) is 9.63 Å². The lowest BCUT2D eigenvalue weighted by Crippen LogP contribution is -2.03. The van der Waals surface area contributed by atoms with E-state index < -0.39 is 5.97 Å². The molecule has 0 aliphatic carbocycles. The highest BCUT2D eigenvalue weighted by atomic mass is 79.9. The zero-order valence-corrected chi connectivity index (χ0v) is 13.3. The molecular weight excluding hydrogens is 347 g/mol. The molecule has 1 N–H and O–H groups in total. The average Bonchev–Trinajstić information content (AvgIpc) is 2.72. The number of hydrogen-bond acceptors (Lipinski definition) is 3. The van der Waals surface area contributed by atoms with Crippen LogP contribution in [0.25, 0.3) is 5.69 Å². The van der Waals surface area contributed by atoms with Crippen molar-refractivity contribution in [2.45, 2.75) is 19.0 Å². The van der Waals surface area contributed by atoms with E-state index >= 15 is 0 Å². The predicted molar refractivity (Wildman–Crippen MR) is 79.1 cm³/mol. The molecule has 0 fully saturated rings. The van der Waals surface area contributed by atoms with Crippen LogP contribution in [0.3, 0.4) is 0 Å². The summed E-state index contributed by atoms with van der Waals surface area (Å²) < 4.78 is 15.6. The topological polar surface area (TPSA) is 55.1 Å². The standard InChI is InChI=1S/C13H12BrFN2O2S/c1-7-3-10(15)9(14)4-11(7)17-5-8(2)16-13(17)20-6-12(18)19/h3-5H,6H2,1-2H3,(H,18,19). The lowest BCUT2D eigenvalue weighted by atomic mass is 10.2. The molecule has 0 aliphatic heterocycles. The molecule has 0 radical (unpaired) electrons. The summed E-state index contributed by atoms with van der Waals surface area (Å²) in [4.78, 5) is 15.0. The highest BCUT2D eigenvalue weighted by Crippen LogP contribution is 2.28. The Kier molecular flexibility index (Phi) is 4.49. The normalized spacial score (nSPS) is 10.8. The van der Waals surface area contributed by atoms with Crippen LogP contribution in [0.2, 0.25) is 0 Å². The molecule has 0 atom stereocenters. The number of aliphatic carboxylic acids is 1. The minimum absolute atomic E-state index is 0.0716. The van der Waals surface area contributed by atoms with Crippen molar-refractivity contribution in [1.29, 1.82) is 0 Å². The summed E-state index contributed by atoms with van der Waals surface area (Å²) >= 11 is 4.29. The van der Waals surface area contributed by atoms with E-state index in [2.05, 4.69) is 20.9 Å². The lowest BCUT2D eigenvalue weighted by Gasteiger charge is -2.11. The monoisotopic (exact) mass is 358 g/mol. The fourth-order valence-corrected chi connectivity index (χ4v) is 2.85. The van der Waals surface area contributed by atoms with Gasteiger partial charge in [-0.1, -0.05) is 11.8 Å². The van der Waals surface area contributed by atoms with Crippen molar-refractivity contribution in [2.24, 2.45) is 0 Å². The Balaban J connectivity index is 2.47. The maximum absolute atomic E-state index is 13.5. The second-order valence-corrected chi connectivity index (χ2v) is 6.07. The summed E-state index contributed by atoms with van der Waals surface area (Å²) in [5, 5.41) is 9.34. The molecular formula is C13H12BrFN2O2S. The van der Waals surface area contributed by atoms with E-state index in [1.54, 1.807) is 23.8 Å². The molecule has 0 amide bonds. The summed E-state index contributed by atoms with van der Waals surface area (Å²) in [6.45, 7) is 3.63. The number of aryl methyl sites for hydroxylation is 2. The molecule has 106 valence electrons. The fraction of sp³-hybridized carbons (Fsp3) is 0.231. The maximum atomic E-state index is 13.5. The largest absolute Gasteiger partial charge is 0.481 e.